The fraction of sp³-hybridized carbons (Fsp3) is 0.500. The summed E-state index contributed by atoms with van der Waals surface area (Å²) in [7, 11) is 0. The van der Waals surface area contributed by atoms with Crippen LogP contribution in [0.25, 0.3) is 0 Å². The molecule has 1 N–H and O–H groups in total. The number of rotatable bonds is 9. The van der Waals surface area contributed by atoms with Gasteiger partial charge >= 0.3 is 0 Å². The molecular weight excluding hydrogens is 296 g/mol. The van der Waals surface area contributed by atoms with E-state index in [2.05, 4.69) is 12.2 Å². The van der Waals surface area contributed by atoms with E-state index in [0.717, 1.165) is 19.4 Å². The first-order valence-electron chi connectivity index (χ1n) is 6.86. The Balaban J connectivity index is 2.42. The second-order valence-electron chi connectivity index (χ2n) is 4.47. The molecule has 0 unspecified atom stereocenters. The Kier molecular flexibility index (Phi) is 7.71. The number of amides is 1. The van der Waals surface area contributed by atoms with Crippen molar-refractivity contribution in [2.24, 2.45) is 0 Å². The Bertz CT molecular complexity index is 494. The first-order chi connectivity index (χ1) is 10.1. The van der Waals surface area contributed by atoms with E-state index in [1.165, 1.54) is 18.2 Å². The summed E-state index contributed by atoms with van der Waals surface area (Å²) in [6.07, 6.45) is 2.79. The summed E-state index contributed by atoms with van der Waals surface area (Å²) >= 11 is 5.87. The summed E-state index contributed by atoms with van der Waals surface area (Å²) in [6, 6.07) is 4.16. The molecule has 0 fully saturated rings. The molecule has 0 atom stereocenters. The van der Waals surface area contributed by atoms with Crippen LogP contribution < -0.4 is 5.32 Å². The van der Waals surface area contributed by atoms with Crippen LogP contribution in [-0.2, 0) is 4.74 Å². The van der Waals surface area contributed by atoms with Crippen LogP contribution in [-0.4, -0.2) is 30.6 Å². The number of carbonyl (C=O) groups is 1. The lowest BCUT2D eigenvalue weighted by Crippen LogP contribution is -2.25. The molecule has 0 bridgehead atoms. The van der Waals surface area contributed by atoms with E-state index < -0.39 is 10.8 Å². The van der Waals surface area contributed by atoms with E-state index in [1.807, 2.05) is 0 Å². The third-order valence-electron chi connectivity index (χ3n) is 2.81. The van der Waals surface area contributed by atoms with E-state index in [9.17, 15) is 14.9 Å². The number of nitro groups is 1. The maximum absolute atomic E-state index is 11.9. The normalized spacial score (nSPS) is 10.4. The number of carbonyl (C=O) groups excluding carboxylic acids is 1. The van der Waals surface area contributed by atoms with E-state index in [0.29, 0.717) is 19.6 Å². The van der Waals surface area contributed by atoms with Gasteiger partial charge in [-0.15, -0.1) is 0 Å². The summed E-state index contributed by atoms with van der Waals surface area (Å²) in [6.45, 7) is 3.82. The van der Waals surface area contributed by atoms with Crippen LogP contribution in [0.1, 0.15) is 36.5 Å². The Morgan fingerprint density at radius 1 is 1.38 bits per heavy atom. The van der Waals surface area contributed by atoms with Crippen LogP contribution in [0.2, 0.25) is 5.02 Å². The first kappa shape index (κ1) is 17.4. The number of nitro benzene ring substituents is 1. The fourth-order valence-corrected chi connectivity index (χ4v) is 1.94. The van der Waals surface area contributed by atoms with Crippen molar-refractivity contribution in [3.8, 4) is 0 Å². The highest BCUT2D eigenvalue weighted by molar-refractivity contribution is 6.35. The second kappa shape index (κ2) is 9.31. The summed E-state index contributed by atoms with van der Waals surface area (Å²) in [4.78, 5) is 22.1. The van der Waals surface area contributed by atoms with Crippen LogP contribution in [0.15, 0.2) is 18.2 Å². The van der Waals surface area contributed by atoms with Gasteiger partial charge in [-0.2, -0.15) is 0 Å². The number of unbranched alkanes of at least 4 members (excludes halogenated alkanes) is 1. The molecule has 1 aromatic rings. The summed E-state index contributed by atoms with van der Waals surface area (Å²) < 4.78 is 5.37. The molecule has 0 spiro atoms. The minimum absolute atomic E-state index is 0.109. The molecule has 0 aromatic heterocycles. The lowest BCUT2D eigenvalue weighted by molar-refractivity contribution is -0.384. The predicted molar refractivity (Wildman–Crippen MR) is 80.8 cm³/mol. The lowest BCUT2D eigenvalue weighted by atomic mass is 10.2. The molecular formula is C14H19ClN2O4. The van der Waals surface area contributed by atoms with E-state index >= 15 is 0 Å². The quantitative estimate of drug-likeness (QED) is 0.431. The predicted octanol–water partition coefficient (Wildman–Crippen LogP) is 3.18. The van der Waals surface area contributed by atoms with Crippen molar-refractivity contribution in [1.82, 2.24) is 5.32 Å². The van der Waals surface area contributed by atoms with E-state index in [4.69, 9.17) is 16.3 Å². The van der Waals surface area contributed by atoms with Crippen LogP contribution in [0.4, 0.5) is 5.69 Å². The SMILES string of the molecule is CCCCOCCCNC(=O)c1cccc([N+](=O)[O-])c1Cl. The number of ether oxygens (including phenoxy) is 1. The van der Waals surface area contributed by atoms with Gasteiger partial charge in [-0.25, -0.2) is 0 Å². The molecule has 7 heteroatoms. The van der Waals surface area contributed by atoms with Crippen molar-refractivity contribution in [3.05, 3.63) is 38.9 Å². The number of nitrogens with one attached hydrogen (secondary N) is 1. The van der Waals surface area contributed by atoms with Gasteiger partial charge in [0.25, 0.3) is 11.6 Å². The highest BCUT2D eigenvalue weighted by Crippen LogP contribution is 2.27. The van der Waals surface area contributed by atoms with Crippen molar-refractivity contribution >= 4 is 23.2 Å². The summed E-state index contributed by atoms with van der Waals surface area (Å²) in [5.41, 5.74) is -0.162. The van der Waals surface area contributed by atoms with Crippen LogP contribution in [0, 0.1) is 10.1 Å². The third kappa shape index (κ3) is 5.69. The van der Waals surface area contributed by atoms with Gasteiger partial charge in [0, 0.05) is 25.8 Å². The number of benzene rings is 1. The minimum Gasteiger partial charge on any atom is -0.381 e. The van der Waals surface area contributed by atoms with Gasteiger partial charge in [0.2, 0.25) is 0 Å². The Hall–Kier alpha value is -1.66. The molecule has 1 amide bonds. The molecule has 0 aliphatic carbocycles. The molecule has 0 radical (unpaired) electrons. The van der Waals surface area contributed by atoms with Gasteiger partial charge in [-0.05, 0) is 18.9 Å². The molecule has 21 heavy (non-hydrogen) atoms. The number of hydrogen-bond acceptors (Lipinski definition) is 4. The molecule has 0 saturated heterocycles. The minimum atomic E-state index is -0.610. The highest BCUT2D eigenvalue weighted by atomic mass is 35.5. The van der Waals surface area contributed by atoms with Gasteiger partial charge in [0.15, 0.2) is 0 Å². The summed E-state index contributed by atoms with van der Waals surface area (Å²) in [5, 5.41) is 13.3. The van der Waals surface area contributed by atoms with E-state index in [1.54, 1.807) is 0 Å². The van der Waals surface area contributed by atoms with Gasteiger partial charge in [-0.3, -0.25) is 14.9 Å². The first-order valence-corrected chi connectivity index (χ1v) is 7.24. The van der Waals surface area contributed by atoms with Crippen molar-refractivity contribution in [2.45, 2.75) is 26.2 Å². The second-order valence-corrected chi connectivity index (χ2v) is 4.85. The smallest absolute Gasteiger partial charge is 0.288 e. The van der Waals surface area contributed by atoms with Gasteiger partial charge in [-0.1, -0.05) is 31.0 Å². The molecule has 0 aliphatic rings. The van der Waals surface area contributed by atoms with Gasteiger partial charge < -0.3 is 10.1 Å². The zero-order valence-corrected chi connectivity index (χ0v) is 12.7. The fourth-order valence-electron chi connectivity index (χ4n) is 1.66. The maximum Gasteiger partial charge on any atom is 0.288 e. The number of nitrogens with zero attached hydrogens (tertiary/aromatic N) is 1. The van der Waals surface area contributed by atoms with Crippen molar-refractivity contribution in [1.29, 1.82) is 0 Å². The standard InChI is InChI=1S/C14H19ClN2O4/c1-2-3-9-21-10-5-8-16-14(18)11-6-4-7-12(13(11)15)17(19)20/h4,6-7H,2-3,5,8-10H2,1H3,(H,16,18). The third-order valence-corrected chi connectivity index (χ3v) is 3.21. The van der Waals surface area contributed by atoms with Gasteiger partial charge in [0.1, 0.15) is 5.02 Å². The largest absolute Gasteiger partial charge is 0.381 e. The topological polar surface area (TPSA) is 81.5 Å². The van der Waals surface area contributed by atoms with Crippen molar-refractivity contribution < 1.29 is 14.5 Å². The Morgan fingerprint density at radius 3 is 2.76 bits per heavy atom. The molecule has 1 rings (SSSR count). The average Bonchev–Trinajstić information content (AvgIpc) is 2.46. The van der Waals surface area contributed by atoms with Gasteiger partial charge in [0.05, 0.1) is 10.5 Å². The molecule has 0 heterocycles. The van der Waals surface area contributed by atoms with Crippen LogP contribution >= 0.6 is 11.6 Å². The summed E-state index contributed by atoms with van der Waals surface area (Å²) in [5.74, 6) is -0.419. The maximum atomic E-state index is 11.9. The van der Waals surface area contributed by atoms with Crippen molar-refractivity contribution in [2.75, 3.05) is 19.8 Å². The van der Waals surface area contributed by atoms with Crippen LogP contribution in [0.3, 0.4) is 0 Å². The molecule has 0 aliphatic heterocycles. The van der Waals surface area contributed by atoms with Crippen molar-refractivity contribution in [3.63, 3.8) is 0 Å². The molecule has 6 nitrogen and oxygen atoms in total. The van der Waals surface area contributed by atoms with Crippen LogP contribution in [0.5, 0.6) is 0 Å². The number of hydrogen-bond donors (Lipinski definition) is 1. The zero-order valence-electron chi connectivity index (χ0n) is 11.9. The average molecular weight is 315 g/mol. The zero-order chi connectivity index (χ0) is 15.7. The molecule has 116 valence electrons. The molecule has 0 saturated carbocycles. The Morgan fingerprint density at radius 2 is 2.10 bits per heavy atom. The molecule has 1 aromatic carbocycles. The highest BCUT2D eigenvalue weighted by Gasteiger charge is 2.19. The van der Waals surface area contributed by atoms with E-state index in [-0.39, 0.29) is 16.3 Å². The number of halogens is 1. The lowest BCUT2D eigenvalue weighted by Gasteiger charge is -2.07. The monoisotopic (exact) mass is 314 g/mol. The Labute approximate surface area is 128 Å².